The van der Waals surface area contributed by atoms with Crippen molar-refractivity contribution >= 4 is 17.6 Å². The molecule has 2 aromatic rings. The van der Waals surface area contributed by atoms with Gasteiger partial charge in [0.1, 0.15) is 18.2 Å². The van der Waals surface area contributed by atoms with Crippen LogP contribution < -0.4 is 20.7 Å². The third-order valence-electron chi connectivity index (χ3n) is 2.76. The van der Waals surface area contributed by atoms with Crippen molar-refractivity contribution in [1.29, 1.82) is 0 Å². The lowest BCUT2D eigenvalue weighted by atomic mass is 10.3. The van der Waals surface area contributed by atoms with E-state index in [0.717, 1.165) is 17.8 Å². The number of hydrogen-bond donors (Lipinski definition) is 2. The van der Waals surface area contributed by atoms with Crippen LogP contribution in [-0.2, 0) is 0 Å². The Morgan fingerprint density at radius 2 is 1.86 bits per heavy atom. The molecule has 2 heterocycles. The van der Waals surface area contributed by atoms with Crippen LogP contribution in [0.2, 0.25) is 0 Å². The summed E-state index contributed by atoms with van der Waals surface area (Å²) in [6.45, 7) is 0.963. The molecule has 1 aromatic heterocycles. The molecule has 110 valence electrons. The molecular formula is C13H11F2N3O2S. The number of benzene rings is 1. The summed E-state index contributed by atoms with van der Waals surface area (Å²) in [5, 5.41) is 0.0148. The SMILES string of the molecule is NNc1nc(Sc2ccc3c(c2)OCCO3)c(F)cc1F. The summed E-state index contributed by atoms with van der Waals surface area (Å²) >= 11 is 1.04. The number of nitrogens with zero attached hydrogens (tertiary/aromatic N) is 1. The van der Waals surface area contributed by atoms with E-state index in [2.05, 4.69) is 10.4 Å². The lowest BCUT2D eigenvalue weighted by molar-refractivity contribution is 0.171. The molecular weight excluding hydrogens is 300 g/mol. The number of nitrogens with two attached hydrogens (primary N) is 1. The average Bonchev–Trinajstić information content (AvgIpc) is 2.50. The normalized spacial score (nSPS) is 13.1. The Balaban J connectivity index is 1.90. The summed E-state index contributed by atoms with van der Waals surface area (Å²) in [5.41, 5.74) is 2.09. The molecule has 0 fully saturated rings. The van der Waals surface area contributed by atoms with Gasteiger partial charge in [-0.3, -0.25) is 0 Å². The molecule has 0 saturated heterocycles. The van der Waals surface area contributed by atoms with Crippen molar-refractivity contribution < 1.29 is 18.3 Å². The standard InChI is InChI=1S/C13H11F2N3O2S/c14-8-6-9(15)13(17-12(8)18-16)21-7-1-2-10-11(5-7)20-4-3-19-10/h1-2,5-6H,3-4,16H2,(H,17,18). The van der Waals surface area contributed by atoms with Gasteiger partial charge in [-0.1, -0.05) is 11.8 Å². The van der Waals surface area contributed by atoms with Crippen LogP contribution in [0.15, 0.2) is 34.2 Å². The Morgan fingerprint density at radius 3 is 2.62 bits per heavy atom. The number of rotatable bonds is 3. The van der Waals surface area contributed by atoms with Gasteiger partial charge in [0.2, 0.25) is 0 Å². The Morgan fingerprint density at radius 1 is 1.10 bits per heavy atom. The van der Waals surface area contributed by atoms with Gasteiger partial charge in [-0.2, -0.15) is 0 Å². The number of ether oxygens (including phenoxy) is 2. The van der Waals surface area contributed by atoms with E-state index >= 15 is 0 Å². The van der Waals surface area contributed by atoms with Crippen molar-refractivity contribution in [2.75, 3.05) is 18.6 Å². The number of fused-ring (bicyclic) bond motifs is 1. The summed E-state index contributed by atoms with van der Waals surface area (Å²) < 4.78 is 37.9. The number of nitrogen functional groups attached to an aromatic ring is 1. The Bertz CT molecular complexity index is 685. The number of hydrazine groups is 1. The van der Waals surface area contributed by atoms with E-state index in [1.807, 2.05) is 0 Å². The summed E-state index contributed by atoms with van der Waals surface area (Å²) in [6.07, 6.45) is 0. The molecule has 0 radical (unpaired) electrons. The quantitative estimate of drug-likeness (QED) is 0.671. The van der Waals surface area contributed by atoms with E-state index in [-0.39, 0.29) is 10.8 Å². The predicted octanol–water partition coefficient (Wildman–Crippen LogP) is 2.57. The van der Waals surface area contributed by atoms with Gasteiger partial charge in [-0.25, -0.2) is 19.6 Å². The van der Waals surface area contributed by atoms with Gasteiger partial charge >= 0.3 is 0 Å². The molecule has 1 aliphatic heterocycles. The first-order valence-electron chi connectivity index (χ1n) is 6.07. The number of anilines is 1. The van der Waals surface area contributed by atoms with Crippen molar-refractivity contribution in [3.05, 3.63) is 35.9 Å². The third-order valence-corrected chi connectivity index (χ3v) is 3.73. The minimum Gasteiger partial charge on any atom is -0.486 e. The van der Waals surface area contributed by atoms with Crippen molar-refractivity contribution in [2.45, 2.75) is 9.92 Å². The van der Waals surface area contributed by atoms with Gasteiger partial charge in [0.05, 0.1) is 0 Å². The molecule has 0 spiro atoms. The van der Waals surface area contributed by atoms with Crippen LogP contribution in [0, 0.1) is 11.6 Å². The molecule has 3 rings (SSSR count). The zero-order valence-corrected chi connectivity index (χ0v) is 11.5. The fourth-order valence-electron chi connectivity index (χ4n) is 1.82. The second kappa shape index (κ2) is 5.74. The number of aromatic nitrogens is 1. The fraction of sp³-hybridized carbons (Fsp3) is 0.154. The molecule has 0 amide bonds. The van der Waals surface area contributed by atoms with Gasteiger partial charge in [-0.15, -0.1) is 0 Å². The van der Waals surface area contributed by atoms with Crippen LogP contribution in [0.4, 0.5) is 14.6 Å². The van der Waals surface area contributed by atoms with E-state index in [4.69, 9.17) is 15.3 Å². The van der Waals surface area contributed by atoms with Crippen LogP contribution in [0.3, 0.4) is 0 Å². The second-order valence-electron chi connectivity index (χ2n) is 4.16. The van der Waals surface area contributed by atoms with Crippen LogP contribution in [0.1, 0.15) is 0 Å². The molecule has 0 unspecified atom stereocenters. The molecule has 0 atom stereocenters. The molecule has 3 N–H and O–H groups in total. The molecule has 0 bridgehead atoms. The van der Waals surface area contributed by atoms with Crippen LogP contribution in [-0.4, -0.2) is 18.2 Å². The van der Waals surface area contributed by atoms with E-state index in [0.29, 0.717) is 29.6 Å². The van der Waals surface area contributed by atoms with E-state index < -0.39 is 11.6 Å². The largest absolute Gasteiger partial charge is 0.486 e. The van der Waals surface area contributed by atoms with Crippen molar-refractivity contribution in [3.63, 3.8) is 0 Å². The number of halogens is 2. The highest BCUT2D eigenvalue weighted by molar-refractivity contribution is 7.99. The minimum absolute atomic E-state index is 0.0148. The van der Waals surface area contributed by atoms with Gasteiger partial charge in [0.15, 0.2) is 29.0 Å². The van der Waals surface area contributed by atoms with Gasteiger partial charge in [0.25, 0.3) is 0 Å². The van der Waals surface area contributed by atoms with Crippen molar-refractivity contribution in [1.82, 2.24) is 4.98 Å². The molecule has 21 heavy (non-hydrogen) atoms. The van der Waals surface area contributed by atoms with Crippen LogP contribution in [0.5, 0.6) is 11.5 Å². The second-order valence-corrected chi connectivity index (χ2v) is 5.22. The first kappa shape index (κ1) is 13.9. The monoisotopic (exact) mass is 311 g/mol. The molecule has 8 heteroatoms. The zero-order chi connectivity index (χ0) is 14.8. The van der Waals surface area contributed by atoms with Crippen LogP contribution in [0.25, 0.3) is 0 Å². The minimum atomic E-state index is -0.846. The molecule has 1 aliphatic rings. The fourth-order valence-corrected chi connectivity index (χ4v) is 2.64. The maximum absolute atomic E-state index is 13.7. The lowest BCUT2D eigenvalue weighted by Crippen LogP contribution is -2.15. The zero-order valence-electron chi connectivity index (χ0n) is 10.7. The number of nitrogens with one attached hydrogen (secondary N) is 1. The topological polar surface area (TPSA) is 69.4 Å². The highest BCUT2D eigenvalue weighted by atomic mass is 32.2. The summed E-state index contributed by atoms with van der Waals surface area (Å²) in [7, 11) is 0. The summed E-state index contributed by atoms with van der Waals surface area (Å²) in [6, 6.07) is 5.94. The molecule has 0 saturated carbocycles. The van der Waals surface area contributed by atoms with Crippen molar-refractivity contribution in [2.24, 2.45) is 5.84 Å². The molecule has 5 nitrogen and oxygen atoms in total. The average molecular weight is 311 g/mol. The van der Waals surface area contributed by atoms with E-state index in [1.165, 1.54) is 0 Å². The maximum Gasteiger partial charge on any atom is 0.177 e. The highest BCUT2D eigenvalue weighted by Crippen LogP contribution is 2.37. The first-order chi connectivity index (χ1) is 10.2. The van der Waals surface area contributed by atoms with Crippen LogP contribution >= 0.6 is 11.8 Å². The van der Waals surface area contributed by atoms with E-state index in [1.54, 1.807) is 18.2 Å². The lowest BCUT2D eigenvalue weighted by Gasteiger charge is -2.18. The smallest absolute Gasteiger partial charge is 0.177 e. The van der Waals surface area contributed by atoms with Gasteiger partial charge in [0, 0.05) is 11.0 Å². The Labute approximate surface area is 123 Å². The van der Waals surface area contributed by atoms with E-state index in [9.17, 15) is 8.78 Å². The predicted molar refractivity (Wildman–Crippen MR) is 73.5 cm³/mol. The molecule has 0 aliphatic carbocycles. The van der Waals surface area contributed by atoms with Gasteiger partial charge in [-0.05, 0) is 18.2 Å². The number of pyridine rings is 1. The first-order valence-corrected chi connectivity index (χ1v) is 6.89. The highest BCUT2D eigenvalue weighted by Gasteiger charge is 2.15. The summed E-state index contributed by atoms with van der Waals surface area (Å²) in [4.78, 5) is 4.50. The molecule has 1 aromatic carbocycles. The Kier molecular flexibility index (Phi) is 3.80. The number of hydrogen-bond acceptors (Lipinski definition) is 6. The third kappa shape index (κ3) is 2.86. The summed E-state index contributed by atoms with van der Waals surface area (Å²) in [5.74, 6) is 4.55. The maximum atomic E-state index is 13.7. The van der Waals surface area contributed by atoms with Crippen molar-refractivity contribution in [3.8, 4) is 11.5 Å². The van der Waals surface area contributed by atoms with Gasteiger partial charge < -0.3 is 14.9 Å². The Hall–Kier alpha value is -2.06.